The third kappa shape index (κ3) is 4.62. The second kappa shape index (κ2) is 9.50. The van der Waals surface area contributed by atoms with Crippen molar-refractivity contribution in [3.63, 3.8) is 0 Å². The van der Waals surface area contributed by atoms with Gasteiger partial charge in [-0.1, -0.05) is 55.5 Å². The number of para-hydroxylation sites is 1. The van der Waals surface area contributed by atoms with Gasteiger partial charge in [0.05, 0.1) is 11.4 Å². The highest BCUT2D eigenvalue weighted by molar-refractivity contribution is 7.99. The standard InChI is InChI=1S/C24H31N3S2/c1-3-4-13-25-24(28)19-11-12-23-21(16-19)27(18(2)17-26-14-7-8-15-26)20-9-5-6-10-22(20)29-23/h5-6,9-12,16,18H,3-4,7-8,13-15,17H2,1-2H3,(H,25,28). The second-order valence-corrected chi connectivity index (χ2v) is 9.58. The highest BCUT2D eigenvalue weighted by Gasteiger charge is 2.29. The van der Waals surface area contributed by atoms with E-state index in [1.165, 1.54) is 53.5 Å². The number of hydrogen-bond donors (Lipinski definition) is 1. The van der Waals surface area contributed by atoms with Gasteiger partial charge in [0.15, 0.2) is 0 Å². The Labute approximate surface area is 184 Å². The summed E-state index contributed by atoms with van der Waals surface area (Å²) in [6.45, 7) is 9.07. The molecule has 1 saturated heterocycles. The summed E-state index contributed by atoms with van der Waals surface area (Å²) in [7, 11) is 0. The number of nitrogens with zero attached hydrogens (tertiary/aromatic N) is 2. The monoisotopic (exact) mass is 425 g/mol. The van der Waals surface area contributed by atoms with Crippen LogP contribution >= 0.6 is 24.0 Å². The third-order valence-corrected chi connectivity index (χ3v) is 7.31. The summed E-state index contributed by atoms with van der Waals surface area (Å²) in [4.78, 5) is 8.66. The number of anilines is 2. The van der Waals surface area contributed by atoms with E-state index < -0.39 is 0 Å². The fraction of sp³-hybridized carbons (Fsp3) is 0.458. The normalized spacial score (nSPS) is 17.0. The molecule has 0 aliphatic carbocycles. The predicted molar refractivity (Wildman–Crippen MR) is 129 cm³/mol. The van der Waals surface area contributed by atoms with E-state index in [2.05, 4.69) is 71.4 Å². The number of likely N-dealkylation sites (tertiary alicyclic amines) is 1. The first kappa shape index (κ1) is 20.7. The second-order valence-electron chi connectivity index (χ2n) is 8.09. The van der Waals surface area contributed by atoms with E-state index in [1.807, 2.05) is 11.8 Å². The van der Waals surface area contributed by atoms with Crippen LogP contribution in [0.5, 0.6) is 0 Å². The van der Waals surface area contributed by atoms with Crippen molar-refractivity contribution in [3.8, 4) is 0 Å². The van der Waals surface area contributed by atoms with Crippen molar-refractivity contribution in [2.45, 2.75) is 55.4 Å². The van der Waals surface area contributed by atoms with Gasteiger partial charge < -0.3 is 15.1 Å². The van der Waals surface area contributed by atoms with Crippen LogP contribution < -0.4 is 10.2 Å². The van der Waals surface area contributed by atoms with Crippen LogP contribution in [0, 0.1) is 0 Å². The minimum atomic E-state index is 0.408. The molecule has 1 unspecified atom stereocenters. The van der Waals surface area contributed by atoms with Crippen LogP contribution in [-0.2, 0) is 0 Å². The van der Waals surface area contributed by atoms with Crippen molar-refractivity contribution in [2.24, 2.45) is 0 Å². The van der Waals surface area contributed by atoms with E-state index in [0.717, 1.165) is 30.1 Å². The highest BCUT2D eigenvalue weighted by Crippen LogP contribution is 2.49. The SMILES string of the molecule is CCCCNC(=S)c1ccc2c(c1)N(C(C)CN1CCCC1)c1ccccc1S2. The fourth-order valence-corrected chi connectivity index (χ4v) is 5.58. The molecule has 2 heterocycles. The molecule has 1 atom stereocenters. The highest BCUT2D eigenvalue weighted by atomic mass is 32.2. The Balaban J connectivity index is 1.64. The summed E-state index contributed by atoms with van der Waals surface area (Å²) in [6, 6.07) is 15.9. The van der Waals surface area contributed by atoms with E-state index >= 15 is 0 Å². The lowest BCUT2D eigenvalue weighted by Gasteiger charge is -2.39. The van der Waals surface area contributed by atoms with Gasteiger partial charge in [-0.05, 0) is 63.5 Å². The molecular weight excluding hydrogens is 394 g/mol. The molecule has 4 rings (SSSR count). The van der Waals surface area contributed by atoms with Gasteiger partial charge >= 0.3 is 0 Å². The lowest BCUT2D eigenvalue weighted by atomic mass is 10.1. The molecule has 29 heavy (non-hydrogen) atoms. The lowest BCUT2D eigenvalue weighted by molar-refractivity contribution is 0.319. The number of rotatable bonds is 7. The summed E-state index contributed by atoms with van der Waals surface area (Å²) in [5.74, 6) is 0. The van der Waals surface area contributed by atoms with Gasteiger partial charge in [-0.15, -0.1) is 0 Å². The van der Waals surface area contributed by atoms with Crippen molar-refractivity contribution >= 4 is 40.3 Å². The molecule has 2 aromatic rings. The Bertz CT molecular complexity index is 861. The summed E-state index contributed by atoms with van der Waals surface area (Å²) in [5.41, 5.74) is 3.73. The maximum Gasteiger partial charge on any atom is 0.106 e. The van der Waals surface area contributed by atoms with Crippen molar-refractivity contribution in [1.82, 2.24) is 10.2 Å². The molecule has 0 aromatic heterocycles. The lowest BCUT2D eigenvalue weighted by Crippen LogP contribution is -2.40. The third-order valence-electron chi connectivity index (χ3n) is 5.80. The van der Waals surface area contributed by atoms with Crippen molar-refractivity contribution < 1.29 is 0 Å². The molecule has 0 spiro atoms. The zero-order chi connectivity index (χ0) is 20.2. The molecule has 3 nitrogen and oxygen atoms in total. The van der Waals surface area contributed by atoms with Gasteiger partial charge in [0.2, 0.25) is 0 Å². The van der Waals surface area contributed by atoms with Gasteiger partial charge in [-0.25, -0.2) is 0 Å². The minimum absolute atomic E-state index is 0.408. The van der Waals surface area contributed by atoms with Gasteiger partial charge in [-0.3, -0.25) is 0 Å². The van der Waals surface area contributed by atoms with Gasteiger partial charge in [0, 0.05) is 34.5 Å². The smallest absolute Gasteiger partial charge is 0.106 e. The average Bonchev–Trinajstić information content (AvgIpc) is 3.24. The number of nitrogens with one attached hydrogen (secondary N) is 1. The van der Waals surface area contributed by atoms with Crippen LogP contribution in [0.4, 0.5) is 11.4 Å². The first-order chi connectivity index (χ1) is 14.2. The van der Waals surface area contributed by atoms with E-state index in [-0.39, 0.29) is 0 Å². The summed E-state index contributed by atoms with van der Waals surface area (Å²) >= 11 is 7.56. The number of thiocarbonyl (C=S) groups is 1. The number of benzene rings is 2. The molecule has 2 aliphatic rings. The zero-order valence-electron chi connectivity index (χ0n) is 17.5. The molecule has 154 valence electrons. The van der Waals surface area contributed by atoms with Crippen molar-refractivity contribution in [1.29, 1.82) is 0 Å². The van der Waals surface area contributed by atoms with Crippen molar-refractivity contribution in [3.05, 3.63) is 48.0 Å². The van der Waals surface area contributed by atoms with E-state index in [4.69, 9.17) is 12.2 Å². The first-order valence-corrected chi connectivity index (χ1v) is 12.1. The topological polar surface area (TPSA) is 18.5 Å². The Morgan fingerprint density at radius 1 is 1.10 bits per heavy atom. The van der Waals surface area contributed by atoms with Gasteiger partial charge in [0.25, 0.3) is 0 Å². The molecule has 5 heteroatoms. The van der Waals surface area contributed by atoms with E-state index in [0.29, 0.717) is 6.04 Å². The summed E-state index contributed by atoms with van der Waals surface area (Å²) in [5, 5.41) is 3.43. The Morgan fingerprint density at radius 3 is 2.66 bits per heavy atom. The maximum absolute atomic E-state index is 5.69. The molecule has 1 fully saturated rings. The van der Waals surface area contributed by atoms with Crippen LogP contribution in [0.3, 0.4) is 0 Å². The van der Waals surface area contributed by atoms with Crippen LogP contribution in [0.15, 0.2) is 52.3 Å². The molecule has 0 bridgehead atoms. The molecule has 2 aliphatic heterocycles. The molecule has 1 N–H and O–H groups in total. The minimum Gasteiger partial charge on any atom is -0.376 e. The summed E-state index contributed by atoms with van der Waals surface area (Å²) < 4.78 is 0. The predicted octanol–water partition coefficient (Wildman–Crippen LogP) is 5.84. The Morgan fingerprint density at radius 2 is 1.86 bits per heavy atom. The average molecular weight is 426 g/mol. The maximum atomic E-state index is 5.69. The zero-order valence-corrected chi connectivity index (χ0v) is 19.1. The molecule has 0 radical (unpaired) electrons. The molecular formula is C24H31N3S2. The molecule has 0 saturated carbocycles. The van der Waals surface area contributed by atoms with Crippen LogP contribution in [0.2, 0.25) is 0 Å². The largest absolute Gasteiger partial charge is 0.376 e. The van der Waals surface area contributed by atoms with Crippen LogP contribution in [0.1, 0.15) is 45.1 Å². The molecule has 0 amide bonds. The van der Waals surface area contributed by atoms with E-state index in [9.17, 15) is 0 Å². The summed E-state index contributed by atoms with van der Waals surface area (Å²) in [6.07, 6.45) is 4.98. The van der Waals surface area contributed by atoms with Crippen LogP contribution in [-0.4, -0.2) is 42.1 Å². The Kier molecular flexibility index (Phi) is 6.78. The van der Waals surface area contributed by atoms with Crippen LogP contribution in [0.25, 0.3) is 0 Å². The number of fused-ring (bicyclic) bond motifs is 2. The van der Waals surface area contributed by atoms with Gasteiger partial charge in [-0.2, -0.15) is 0 Å². The Hall–Kier alpha value is -1.56. The quantitative estimate of drug-likeness (QED) is 0.442. The van der Waals surface area contributed by atoms with Crippen molar-refractivity contribution in [2.75, 3.05) is 31.1 Å². The fourth-order valence-electron chi connectivity index (χ4n) is 4.30. The number of hydrogen-bond acceptors (Lipinski definition) is 4. The first-order valence-electron chi connectivity index (χ1n) is 10.9. The number of unbranched alkanes of at least 4 members (excludes halogenated alkanes) is 1. The molecule has 2 aromatic carbocycles. The van der Waals surface area contributed by atoms with E-state index in [1.54, 1.807) is 0 Å². The van der Waals surface area contributed by atoms with Gasteiger partial charge in [0.1, 0.15) is 4.99 Å².